The number of hydrogen-bond acceptors (Lipinski definition) is 7. The maximum absolute atomic E-state index is 12.9. The van der Waals surface area contributed by atoms with E-state index in [4.69, 9.17) is 13.9 Å². The van der Waals surface area contributed by atoms with Gasteiger partial charge in [-0.1, -0.05) is 23.8 Å². The minimum absolute atomic E-state index is 0.0605. The van der Waals surface area contributed by atoms with Gasteiger partial charge in [0.1, 0.15) is 11.5 Å². The van der Waals surface area contributed by atoms with Gasteiger partial charge in [0.25, 0.3) is 5.89 Å². The zero-order valence-electron chi connectivity index (χ0n) is 20.5. The fraction of sp³-hybridized carbons (Fsp3) is 0.214. The minimum atomic E-state index is -0.437. The number of benzene rings is 3. The van der Waals surface area contributed by atoms with E-state index in [1.54, 1.807) is 36.3 Å². The first kappa shape index (κ1) is 24.1. The third-order valence-corrected chi connectivity index (χ3v) is 6.11. The molecule has 0 radical (unpaired) electrons. The van der Waals surface area contributed by atoms with Gasteiger partial charge in [0.2, 0.25) is 17.7 Å². The molecule has 1 aliphatic rings. The summed E-state index contributed by atoms with van der Waals surface area (Å²) in [5.74, 6) is 1.27. The number of ether oxygens (including phenoxy) is 2. The van der Waals surface area contributed by atoms with Crippen molar-refractivity contribution in [3.05, 3.63) is 84.3 Å². The summed E-state index contributed by atoms with van der Waals surface area (Å²) in [5.41, 5.74) is 3.27. The smallest absolute Gasteiger partial charge is 0.254 e. The normalized spacial score (nSPS) is 15.0. The van der Waals surface area contributed by atoms with Crippen molar-refractivity contribution in [3.63, 3.8) is 0 Å². The molecular formula is C28H26N4O5. The summed E-state index contributed by atoms with van der Waals surface area (Å²) in [4.78, 5) is 27.1. The van der Waals surface area contributed by atoms with Crippen LogP contribution < -0.4 is 19.7 Å². The predicted molar refractivity (Wildman–Crippen MR) is 137 cm³/mol. The SMILES string of the molecule is COc1ccc(-c2nnc(COc3cccc(NC(=O)[C@@H]4CC(=O)N(c5ccc(C)cc5)C4)c3)o2)cc1. The lowest BCUT2D eigenvalue weighted by molar-refractivity contribution is -0.122. The number of carbonyl (C=O) groups is 2. The van der Waals surface area contributed by atoms with Gasteiger partial charge < -0.3 is 24.1 Å². The topological polar surface area (TPSA) is 107 Å². The van der Waals surface area contributed by atoms with Gasteiger partial charge in [-0.15, -0.1) is 10.2 Å². The number of nitrogens with zero attached hydrogens (tertiary/aromatic N) is 3. The Morgan fingerprint density at radius 2 is 1.84 bits per heavy atom. The van der Waals surface area contributed by atoms with Crippen molar-refractivity contribution < 1.29 is 23.5 Å². The molecule has 0 aliphatic carbocycles. The average molecular weight is 499 g/mol. The van der Waals surface area contributed by atoms with Gasteiger partial charge in [0.05, 0.1) is 13.0 Å². The highest BCUT2D eigenvalue weighted by Crippen LogP contribution is 2.27. The zero-order valence-corrected chi connectivity index (χ0v) is 20.5. The van der Waals surface area contributed by atoms with E-state index in [9.17, 15) is 9.59 Å². The molecule has 0 unspecified atom stereocenters. The molecule has 1 aliphatic heterocycles. The number of anilines is 2. The number of carbonyl (C=O) groups excluding carboxylic acids is 2. The Hall–Kier alpha value is -4.66. The van der Waals surface area contributed by atoms with Crippen LogP contribution in [-0.2, 0) is 16.2 Å². The molecule has 37 heavy (non-hydrogen) atoms. The first-order chi connectivity index (χ1) is 18.0. The number of methoxy groups -OCH3 is 1. The lowest BCUT2D eigenvalue weighted by atomic mass is 10.1. The van der Waals surface area contributed by atoms with Crippen LogP contribution in [0.1, 0.15) is 17.9 Å². The van der Waals surface area contributed by atoms with E-state index in [1.807, 2.05) is 55.5 Å². The van der Waals surface area contributed by atoms with Crippen molar-refractivity contribution in [2.75, 3.05) is 23.9 Å². The molecule has 3 aromatic carbocycles. The summed E-state index contributed by atoms with van der Waals surface area (Å²) in [5, 5.41) is 11.0. The predicted octanol–water partition coefficient (Wildman–Crippen LogP) is 4.62. The van der Waals surface area contributed by atoms with Crippen LogP contribution in [-0.4, -0.2) is 35.7 Å². The van der Waals surface area contributed by atoms with Crippen molar-refractivity contribution >= 4 is 23.2 Å². The second-order valence-electron chi connectivity index (χ2n) is 8.78. The third kappa shape index (κ3) is 5.61. The molecule has 188 valence electrons. The number of aryl methyl sites for hydroxylation is 1. The molecule has 2 amide bonds. The second-order valence-corrected chi connectivity index (χ2v) is 8.78. The molecule has 4 aromatic rings. The highest BCUT2D eigenvalue weighted by molar-refractivity contribution is 6.03. The van der Waals surface area contributed by atoms with Gasteiger partial charge in [0, 0.05) is 36.0 Å². The van der Waals surface area contributed by atoms with E-state index >= 15 is 0 Å². The van der Waals surface area contributed by atoms with E-state index in [0.29, 0.717) is 29.8 Å². The standard InChI is InChI=1S/C28H26N4O5/c1-18-6-10-22(11-7-18)32-16-20(14-26(32)33)27(34)29-21-4-3-5-24(15-21)36-17-25-30-31-28(37-25)19-8-12-23(35-2)13-9-19/h3-13,15,20H,14,16-17H2,1-2H3,(H,29,34)/t20-/m1/s1. The number of amides is 2. The number of hydrogen-bond donors (Lipinski definition) is 1. The molecule has 0 saturated carbocycles. The molecule has 5 rings (SSSR count). The third-order valence-electron chi connectivity index (χ3n) is 6.11. The summed E-state index contributed by atoms with van der Waals surface area (Å²) in [6.07, 6.45) is 0.170. The van der Waals surface area contributed by atoms with Crippen molar-refractivity contribution in [3.8, 4) is 23.0 Å². The largest absolute Gasteiger partial charge is 0.497 e. The lowest BCUT2D eigenvalue weighted by Crippen LogP contribution is -2.28. The van der Waals surface area contributed by atoms with Crippen LogP contribution in [0.3, 0.4) is 0 Å². The Balaban J connectivity index is 1.17. The number of aromatic nitrogens is 2. The molecular weight excluding hydrogens is 472 g/mol. The van der Waals surface area contributed by atoms with Gasteiger partial charge in [-0.3, -0.25) is 9.59 Å². The quantitative estimate of drug-likeness (QED) is 0.378. The highest BCUT2D eigenvalue weighted by atomic mass is 16.5. The summed E-state index contributed by atoms with van der Waals surface area (Å²) in [6, 6.07) is 22.0. The second kappa shape index (κ2) is 10.5. The van der Waals surface area contributed by atoms with E-state index < -0.39 is 5.92 Å². The lowest BCUT2D eigenvalue weighted by Gasteiger charge is -2.17. The van der Waals surface area contributed by atoms with Crippen LogP contribution in [0.2, 0.25) is 0 Å². The van der Waals surface area contributed by atoms with Crippen LogP contribution in [0.4, 0.5) is 11.4 Å². The average Bonchev–Trinajstić information content (AvgIpc) is 3.55. The minimum Gasteiger partial charge on any atom is -0.497 e. The fourth-order valence-electron chi connectivity index (χ4n) is 4.07. The van der Waals surface area contributed by atoms with Crippen LogP contribution in [0.15, 0.2) is 77.2 Å². The summed E-state index contributed by atoms with van der Waals surface area (Å²) < 4.78 is 16.7. The van der Waals surface area contributed by atoms with E-state index in [2.05, 4.69) is 15.5 Å². The Kier molecular flexibility index (Phi) is 6.85. The monoisotopic (exact) mass is 498 g/mol. The molecule has 1 aromatic heterocycles. The Bertz CT molecular complexity index is 1400. The van der Waals surface area contributed by atoms with Crippen molar-refractivity contribution in [1.82, 2.24) is 10.2 Å². The van der Waals surface area contributed by atoms with Gasteiger partial charge in [-0.2, -0.15) is 0 Å². The van der Waals surface area contributed by atoms with E-state index in [1.165, 1.54) is 0 Å². The first-order valence-electron chi connectivity index (χ1n) is 11.9. The Morgan fingerprint density at radius 1 is 1.05 bits per heavy atom. The zero-order chi connectivity index (χ0) is 25.8. The molecule has 1 atom stereocenters. The van der Waals surface area contributed by atoms with Crippen molar-refractivity contribution in [2.24, 2.45) is 5.92 Å². The Labute approximate surface area is 214 Å². The van der Waals surface area contributed by atoms with Gasteiger partial charge in [-0.25, -0.2) is 0 Å². The molecule has 1 fully saturated rings. The molecule has 9 nitrogen and oxygen atoms in total. The first-order valence-corrected chi connectivity index (χ1v) is 11.9. The number of nitrogens with one attached hydrogen (secondary N) is 1. The van der Waals surface area contributed by atoms with Crippen LogP contribution in [0.5, 0.6) is 11.5 Å². The molecule has 1 N–H and O–H groups in total. The molecule has 0 bridgehead atoms. The summed E-state index contributed by atoms with van der Waals surface area (Å²) in [6.45, 7) is 2.41. The van der Waals surface area contributed by atoms with Crippen LogP contribution in [0.25, 0.3) is 11.5 Å². The molecule has 1 saturated heterocycles. The summed E-state index contributed by atoms with van der Waals surface area (Å²) >= 11 is 0. The van der Waals surface area contributed by atoms with Crippen LogP contribution >= 0.6 is 0 Å². The van der Waals surface area contributed by atoms with Crippen LogP contribution in [0, 0.1) is 12.8 Å². The summed E-state index contributed by atoms with van der Waals surface area (Å²) in [7, 11) is 1.60. The molecule has 9 heteroatoms. The maximum atomic E-state index is 12.9. The molecule has 0 spiro atoms. The van der Waals surface area contributed by atoms with Crippen molar-refractivity contribution in [2.45, 2.75) is 20.0 Å². The number of rotatable bonds is 8. The molecule has 2 heterocycles. The van der Waals surface area contributed by atoms with Gasteiger partial charge in [-0.05, 0) is 55.5 Å². The van der Waals surface area contributed by atoms with Gasteiger partial charge in [0.15, 0.2) is 6.61 Å². The van der Waals surface area contributed by atoms with Gasteiger partial charge >= 0.3 is 0 Å². The van der Waals surface area contributed by atoms with E-state index in [-0.39, 0.29) is 24.8 Å². The van der Waals surface area contributed by atoms with E-state index in [0.717, 1.165) is 22.6 Å². The maximum Gasteiger partial charge on any atom is 0.254 e. The highest BCUT2D eigenvalue weighted by Gasteiger charge is 2.35. The fourth-order valence-corrected chi connectivity index (χ4v) is 4.07. The van der Waals surface area contributed by atoms with Crippen molar-refractivity contribution in [1.29, 1.82) is 0 Å². The Morgan fingerprint density at radius 3 is 2.59 bits per heavy atom.